The summed E-state index contributed by atoms with van der Waals surface area (Å²) in [6.07, 6.45) is 0. The molecule has 1 N–H and O–H groups in total. The molecule has 0 amide bonds. The fraction of sp³-hybridized carbons (Fsp3) is 0.250. The molecular formula is C8H11FO2S. The highest BCUT2D eigenvalue weighted by atomic mass is 32.2. The molecule has 0 saturated heterocycles. The van der Waals surface area contributed by atoms with Crippen LogP contribution in [0.3, 0.4) is 0 Å². The summed E-state index contributed by atoms with van der Waals surface area (Å²) in [4.78, 5) is -0.178. The zero-order valence-electron chi connectivity index (χ0n) is 6.95. The molecule has 12 heavy (non-hydrogen) atoms. The summed E-state index contributed by atoms with van der Waals surface area (Å²) in [5, 5.41) is 0. The largest absolute Gasteiger partial charge is 0.302 e. The van der Waals surface area contributed by atoms with Crippen LogP contribution in [0, 0.1) is 5.82 Å². The first-order valence-corrected chi connectivity index (χ1v) is 4.68. The molecule has 1 aromatic carbocycles. The Bertz CT molecular complexity index is 263. The number of hydrogen-bond donors (Lipinski definition) is 1. The number of hydrogen-bond acceptors (Lipinski definition) is 1. The van der Waals surface area contributed by atoms with E-state index in [0.29, 0.717) is 0 Å². The highest BCUT2D eigenvalue weighted by Gasteiger charge is 2.04. The van der Waals surface area contributed by atoms with E-state index in [4.69, 9.17) is 4.55 Å². The van der Waals surface area contributed by atoms with Crippen LogP contribution in [0.2, 0.25) is 0 Å². The first-order valence-electron chi connectivity index (χ1n) is 3.57. The summed E-state index contributed by atoms with van der Waals surface area (Å²) in [6.45, 7) is 4.00. The molecule has 0 bridgehead atoms. The molecule has 2 nitrogen and oxygen atoms in total. The monoisotopic (exact) mass is 190 g/mol. The van der Waals surface area contributed by atoms with Crippen LogP contribution in [-0.2, 0) is 11.1 Å². The van der Waals surface area contributed by atoms with Crippen LogP contribution >= 0.6 is 0 Å². The van der Waals surface area contributed by atoms with E-state index in [1.807, 2.05) is 13.8 Å². The molecule has 1 atom stereocenters. The molecule has 0 aromatic heterocycles. The Morgan fingerprint density at radius 3 is 2.17 bits per heavy atom. The maximum absolute atomic E-state index is 12.5. The van der Waals surface area contributed by atoms with E-state index in [-0.39, 0.29) is 4.90 Å². The fourth-order valence-corrected chi connectivity index (χ4v) is 1.02. The molecule has 0 heterocycles. The molecule has 0 aliphatic heterocycles. The van der Waals surface area contributed by atoms with Crippen LogP contribution in [0.4, 0.5) is 4.39 Å². The van der Waals surface area contributed by atoms with Gasteiger partial charge in [-0.2, -0.15) is 0 Å². The third kappa shape index (κ3) is 3.11. The Morgan fingerprint density at radius 2 is 1.83 bits per heavy atom. The average Bonchev–Trinajstić information content (AvgIpc) is 2.08. The molecule has 0 spiro atoms. The molecule has 0 aliphatic carbocycles. The number of halogens is 1. The second-order valence-corrected chi connectivity index (χ2v) is 2.62. The van der Waals surface area contributed by atoms with Gasteiger partial charge in [0, 0.05) is 0 Å². The van der Waals surface area contributed by atoms with E-state index >= 15 is 0 Å². The van der Waals surface area contributed by atoms with Crippen LogP contribution in [0.5, 0.6) is 0 Å². The average molecular weight is 190 g/mol. The van der Waals surface area contributed by atoms with E-state index in [2.05, 4.69) is 0 Å². The van der Waals surface area contributed by atoms with Gasteiger partial charge in [0.25, 0.3) is 0 Å². The summed E-state index contributed by atoms with van der Waals surface area (Å²) in [5.74, 6) is -0.650. The third-order valence-electron chi connectivity index (χ3n) is 1.02. The molecule has 0 aliphatic rings. The van der Waals surface area contributed by atoms with Gasteiger partial charge < -0.3 is 4.55 Å². The lowest BCUT2D eigenvalue weighted by Gasteiger charge is -1.93. The van der Waals surface area contributed by atoms with Crippen molar-refractivity contribution in [1.82, 2.24) is 0 Å². The summed E-state index contributed by atoms with van der Waals surface area (Å²) < 4.78 is 31.2. The summed E-state index contributed by atoms with van der Waals surface area (Å²) in [5.41, 5.74) is 0. The minimum Gasteiger partial charge on any atom is -0.302 e. The fourth-order valence-electron chi connectivity index (χ4n) is 0.586. The van der Waals surface area contributed by atoms with Crippen molar-refractivity contribution in [3.63, 3.8) is 0 Å². The second-order valence-electron chi connectivity index (χ2n) is 1.68. The molecule has 0 saturated carbocycles. The van der Waals surface area contributed by atoms with Crippen molar-refractivity contribution in [3.8, 4) is 0 Å². The highest BCUT2D eigenvalue weighted by Crippen LogP contribution is 2.08. The Morgan fingerprint density at radius 1 is 1.33 bits per heavy atom. The zero-order chi connectivity index (χ0) is 9.56. The molecule has 1 rings (SSSR count). The minimum absolute atomic E-state index is 0.178. The van der Waals surface area contributed by atoms with Gasteiger partial charge in [-0.15, -0.1) is 0 Å². The van der Waals surface area contributed by atoms with Crippen molar-refractivity contribution in [2.24, 2.45) is 0 Å². The molecule has 0 fully saturated rings. The third-order valence-corrected chi connectivity index (χ3v) is 1.73. The van der Waals surface area contributed by atoms with Gasteiger partial charge in [0.1, 0.15) is 10.7 Å². The van der Waals surface area contributed by atoms with Crippen LogP contribution < -0.4 is 0 Å². The van der Waals surface area contributed by atoms with Gasteiger partial charge in [0.2, 0.25) is 0 Å². The van der Waals surface area contributed by atoms with E-state index in [1.54, 1.807) is 0 Å². The first kappa shape index (κ1) is 11.3. The van der Waals surface area contributed by atoms with Crippen LogP contribution in [0.15, 0.2) is 29.2 Å². The van der Waals surface area contributed by atoms with Crippen molar-refractivity contribution in [2.45, 2.75) is 18.7 Å². The predicted octanol–water partition coefficient (Wildman–Crippen LogP) is 2.43. The molecule has 68 valence electrons. The van der Waals surface area contributed by atoms with Gasteiger partial charge in [0.15, 0.2) is 11.1 Å². The minimum atomic E-state index is -2.22. The van der Waals surface area contributed by atoms with Crippen molar-refractivity contribution < 1.29 is 13.2 Å². The normalized spacial score (nSPS) is 11.3. The van der Waals surface area contributed by atoms with Gasteiger partial charge in [-0.05, 0) is 12.1 Å². The van der Waals surface area contributed by atoms with Gasteiger partial charge in [0.05, 0.1) is 0 Å². The van der Waals surface area contributed by atoms with Crippen molar-refractivity contribution in [2.75, 3.05) is 0 Å². The topological polar surface area (TPSA) is 37.3 Å². The Kier molecular flexibility index (Phi) is 5.49. The van der Waals surface area contributed by atoms with Gasteiger partial charge >= 0.3 is 0 Å². The van der Waals surface area contributed by atoms with E-state index < -0.39 is 16.9 Å². The summed E-state index contributed by atoms with van der Waals surface area (Å²) >= 11 is -2.22. The van der Waals surface area contributed by atoms with E-state index in [9.17, 15) is 8.60 Å². The molecule has 0 radical (unpaired) electrons. The SMILES string of the molecule is CC.O=S(O)c1ccccc1F. The zero-order valence-corrected chi connectivity index (χ0v) is 7.77. The lowest BCUT2D eigenvalue weighted by Crippen LogP contribution is -1.91. The number of benzene rings is 1. The first-order chi connectivity index (χ1) is 5.72. The van der Waals surface area contributed by atoms with Gasteiger partial charge in [-0.3, -0.25) is 0 Å². The Balaban J connectivity index is 0.000000561. The van der Waals surface area contributed by atoms with Gasteiger partial charge in [-0.1, -0.05) is 26.0 Å². The maximum Gasteiger partial charge on any atom is 0.189 e. The van der Waals surface area contributed by atoms with Crippen LogP contribution in [0.1, 0.15) is 13.8 Å². The molecule has 1 aromatic rings. The Labute approximate surface area is 73.7 Å². The highest BCUT2D eigenvalue weighted by molar-refractivity contribution is 7.79. The van der Waals surface area contributed by atoms with Crippen LogP contribution in [-0.4, -0.2) is 8.76 Å². The molecule has 1 unspecified atom stereocenters. The smallest absolute Gasteiger partial charge is 0.189 e. The van der Waals surface area contributed by atoms with Crippen LogP contribution in [0.25, 0.3) is 0 Å². The maximum atomic E-state index is 12.5. The lowest BCUT2D eigenvalue weighted by atomic mass is 10.4. The van der Waals surface area contributed by atoms with E-state index in [1.165, 1.54) is 18.2 Å². The molecular weight excluding hydrogens is 179 g/mol. The molecule has 4 heteroatoms. The predicted molar refractivity (Wildman–Crippen MR) is 46.8 cm³/mol. The van der Waals surface area contributed by atoms with E-state index in [0.717, 1.165) is 6.07 Å². The summed E-state index contributed by atoms with van der Waals surface area (Å²) in [7, 11) is 0. The second kappa shape index (κ2) is 5.85. The standard InChI is InChI=1S/C6H5FO2S.C2H6/c7-5-3-1-2-4-6(5)10(8)9;1-2/h1-4H,(H,8,9);1-2H3. The lowest BCUT2D eigenvalue weighted by molar-refractivity contribution is 0.544. The number of rotatable bonds is 1. The Hall–Kier alpha value is -0.740. The summed E-state index contributed by atoms with van der Waals surface area (Å²) in [6, 6.07) is 5.38. The van der Waals surface area contributed by atoms with Crippen molar-refractivity contribution >= 4 is 11.1 Å². The van der Waals surface area contributed by atoms with Crippen molar-refractivity contribution in [1.29, 1.82) is 0 Å². The van der Waals surface area contributed by atoms with Gasteiger partial charge in [-0.25, -0.2) is 8.60 Å². The quantitative estimate of drug-likeness (QED) is 0.690. The van der Waals surface area contributed by atoms with Crippen molar-refractivity contribution in [3.05, 3.63) is 30.1 Å².